The monoisotopic (exact) mass is 261 g/mol. The van der Waals surface area contributed by atoms with E-state index < -0.39 is 6.36 Å². The van der Waals surface area contributed by atoms with Crippen LogP contribution in [-0.2, 0) is 0 Å². The predicted molar refractivity (Wildman–Crippen MR) is 59.6 cm³/mol. The van der Waals surface area contributed by atoms with E-state index in [4.69, 9.17) is 4.74 Å². The summed E-state index contributed by atoms with van der Waals surface area (Å²) >= 11 is 0. The van der Waals surface area contributed by atoms with E-state index in [0.29, 0.717) is 5.75 Å². The highest BCUT2D eigenvalue weighted by Gasteiger charge is 2.31. The Morgan fingerprint density at radius 2 is 1.78 bits per heavy atom. The van der Waals surface area contributed by atoms with Crippen LogP contribution in [0, 0.1) is 0 Å². The summed E-state index contributed by atoms with van der Waals surface area (Å²) in [4.78, 5) is 0. The first kappa shape index (κ1) is 13.0. The molecule has 1 fully saturated rings. The van der Waals surface area contributed by atoms with E-state index in [1.54, 1.807) is 6.07 Å². The van der Waals surface area contributed by atoms with E-state index in [9.17, 15) is 13.2 Å². The zero-order chi connectivity index (χ0) is 13.0. The van der Waals surface area contributed by atoms with Gasteiger partial charge in [0.1, 0.15) is 17.6 Å². The molecule has 0 spiro atoms. The van der Waals surface area contributed by atoms with Crippen molar-refractivity contribution in [1.82, 2.24) is 5.32 Å². The Balaban J connectivity index is 1.98. The van der Waals surface area contributed by atoms with Crippen LogP contribution in [0.25, 0.3) is 0 Å². The molecule has 0 radical (unpaired) electrons. The van der Waals surface area contributed by atoms with E-state index in [1.165, 1.54) is 18.2 Å². The van der Waals surface area contributed by atoms with Gasteiger partial charge in [0.2, 0.25) is 0 Å². The van der Waals surface area contributed by atoms with Crippen molar-refractivity contribution in [1.29, 1.82) is 0 Å². The van der Waals surface area contributed by atoms with Gasteiger partial charge in [-0.25, -0.2) is 0 Å². The lowest BCUT2D eigenvalue weighted by Crippen LogP contribution is -2.34. The van der Waals surface area contributed by atoms with Crippen LogP contribution in [0.1, 0.15) is 12.8 Å². The molecule has 6 heteroatoms. The highest BCUT2D eigenvalue weighted by Crippen LogP contribution is 2.27. The summed E-state index contributed by atoms with van der Waals surface area (Å²) in [7, 11) is 0. The SMILES string of the molecule is FC(F)(F)Oc1cccc(OC2CCNCC2)c1. The van der Waals surface area contributed by atoms with Gasteiger partial charge in [-0.2, -0.15) is 0 Å². The van der Waals surface area contributed by atoms with E-state index >= 15 is 0 Å². The van der Waals surface area contributed by atoms with E-state index in [1.807, 2.05) is 0 Å². The third-order valence-corrected chi connectivity index (χ3v) is 2.63. The van der Waals surface area contributed by atoms with Crippen molar-refractivity contribution in [2.45, 2.75) is 25.3 Å². The van der Waals surface area contributed by atoms with E-state index in [2.05, 4.69) is 10.1 Å². The van der Waals surface area contributed by atoms with Crippen LogP contribution in [-0.4, -0.2) is 25.6 Å². The van der Waals surface area contributed by atoms with Gasteiger partial charge >= 0.3 is 6.36 Å². The summed E-state index contributed by atoms with van der Waals surface area (Å²) < 4.78 is 45.6. The lowest BCUT2D eigenvalue weighted by Gasteiger charge is -2.24. The van der Waals surface area contributed by atoms with Gasteiger partial charge in [-0.3, -0.25) is 0 Å². The highest BCUT2D eigenvalue weighted by atomic mass is 19.4. The van der Waals surface area contributed by atoms with Gasteiger partial charge < -0.3 is 14.8 Å². The molecule has 1 heterocycles. The minimum Gasteiger partial charge on any atom is -0.490 e. The van der Waals surface area contributed by atoms with E-state index in [0.717, 1.165) is 25.9 Å². The van der Waals surface area contributed by atoms with Crippen molar-refractivity contribution in [3.8, 4) is 11.5 Å². The molecular formula is C12H14F3NO2. The maximum Gasteiger partial charge on any atom is 0.573 e. The van der Waals surface area contributed by atoms with Gasteiger partial charge in [0.15, 0.2) is 0 Å². The Morgan fingerprint density at radius 1 is 1.11 bits per heavy atom. The number of ether oxygens (including phenoxy) is 2. The van der Waals surface area contributed by atoms with Crippen molar-refractivity contribution in [2.24, 2.45) is 0 Å². The number of hydrogen-bond donors (Lipinski definition) is 1. The van der Waals surface area contributed by atoms with Gasteiger partial charge in [0, 0.05) is 6.07 Å². The molecule has 3 nitrogen and oxygen atoms in total. The Morgan fingerprint density at radius 3 is 2.44 bits per heavy atom. The van der Waals surface area contributed by atoms with Crippen LogP contribution in [0.5, 0.6) is 11.5 Å². The molecule has 1 aliphatic heterocycles. The zero-order valence-electron chi connectivity index (χ0n) is 9.67. The molecule has 1 saturated heterocycles. The smallest absolute Gasteiger partial charge is 0.490 e. The maximum absolute atomic E-state index is 12.1. The standard InChI is InChI=1S/C12H14F3NO2/c13-12(14,15)18-11-3-1-2-10(8-11)17-9-4-6-16-7-5-9/h1-3,8-9,16H,4-7H2. The summed E-state index contributed by atoms with van der Waals surface area (Å²) in [5.74, 6) is 0.151. The molecule has 0 atom stereocenters. The van der Waals surface area contributed by atoms with Gasteiger partial charge in [0.05, 0.1) is 0 Å². The lowest BCUT2D eigenvalue weighted by molar-refractivity contribution is -0.274. The highest BCUT2D eigenvalue weighted by molar-refractivity contribution is 5.33. The fourth-order valence-corrected chi connectivity index (χ4v) is 1.85. The molecule has 1 aromatic rings. The molecule has 2 rings (SSSR count). The third kappa shape index (κ3) is 4.10. The van der Waals surface area contributed by atoms with Crippen LogP contribution < -0.4 is 14.8 Å². The summed E-state index contributed by atoms with van der Waals surface area (Å²) in [6, 6.07) is 5.63. The fourth-order valence-electron chi connectivity index (χ4n) is 1.85. The summed E-state index contributed by atoms with van der Waals surface area (Å²) in [6.07, 6.45) is -2.92. The number of benzene rings is 1. The molecule has 0 unspecified atom stereocenters. The average molecular weight is 261 g/mol. The second-order valence-electron chi connectivity index (χ2n) is 4.09. The van der Waals surface area contributed by atoms with Crippen molar-refractivity contribution >= 4 is 0 Å². The molecule has 0 saturated carbocycles. The van der Waals surface area contributed by atoms with Gasteiger partial charge in [-0.1, -0.05) is 6.07 Å². The molecule has 0 amide bonds. The molecule has 18 heavy (non-hydrogen) atoms. The van der Waals surface area contributed by atoms with Gasteiger partial charge in [0.25, 0.3) is 0 Å². The quantitative estimate of drug-likeness (QED) is 0.907. The van der Waals surface area contributed by atoms with Crippen molar-refractivity contribution in [3.63, 3.8) is 0 Å². The molecule has 100 valence electrons. The maximum atomic E-state index is 12.1. The normalized spacial score (nSPS) is 17.5. The van der Waals surface area contributed by atoms with Gasteiger partial charge in [-0.15, -0.1) is 13.2 Å². The number of piperidine rings is 1. The largest absolute Gasteiger partial charge is 0.573 e. The predicted octanol–water partition coefficient (Wildman–Crippen LogP) is 2.72. The Labute approximate surface area is 103 Å². The van der Waals surface area contributed by atoms with Crippen LogP contribution >= 0.6 is 0 Å². The second kappa shape index (κ2) is 5.48. The van der Waals surface area contributed by atoms with Crippen LogP contribution in [0.3, 0.4) is 0 Å². The molecule has 1 aromatic carbocycles. The Bertz CT molecular complexity index is 389. The number of halogens is 3. The molecule has 0 aliphatic carbocycles. The molecule has 0 aromatic heterocycles. The van der Waals surface area contributed by atoms with Crippen LogP contribution in [0.2, 0.25) is 0 Å². The first-order valence-corrected chi connectivity index (χ1v) is 5.76. The first-order valence-electron chi connectivity index (χ1n) is 5.76. The second-order valence-corrected chi connectivity index (χ2v) is 4.09. The number of rotatable bonds is 3. The topological polar surface area (TPSA) is 30.5 Å². The Kier molecular flexibility index (Phi) is 3.96. The van der Waals surface area contributed by atoms with Crippen molar-refractivity contribution < 1.29 is 22.6 Å². The number of hydrogen-bond acceptors (Lipinski definition) is 3. The zero-order valence-corrected chi connectivity index (χ0v) is 9.67. The Hall–Kier alpha value is -1.43. The minimum atomic E-state index is -4.67. The van der Waals surface area contributed by atoms with Crippen LogP contribution in [0.15, 0.2) is 24.3 Å². The van der Waals surface area contributed by atoms with Crippen LogP contribution in [0.4, 0.5) is 13.2 Å². The number of alkyl halides is 3. The summed E-state index contributed by atoms with van der Waals surface area (Å²) in [5, 5.41) is 3.19. The molecule has 0 bridgehead atoms. The summed E-state index contributed by atoms with van der Waals surface area (Å²) in [5.41, 5.74) is 0. The first-order chi connectivity index (χ1) is 8.53. The summed E-state index contributed by atoms with van der Waals surface area (Å²) in [6.45, 7) is 1.73. The fraction of sp³-hybridized carbons (Fsp3) is 0.500. The third-order valence-electron chi connectivity index (χ3n) is 2.63. The minimum absolute atomic E-state index is 0.0485. The number of nitrogens with one attached hydrogen (secondary N) is 1. The molecule has 1 aliphatic rings. The van der Waals surface area contributed by atoms with Crippen molar-refractivity contribution in [3.05, 3.63) is 24.3 Å². The molecule has 1 N–H and O–H groups in total. The van der Waals surface area contributed by atoms with Crippen molar-refractivity contribution in [2.75, 3.05) is 13.1 Å². The van der Waals surface area contributed by atoms with Gasteiger partial charge in [-0.05, 0) is 38.1 Å². The average Bonchev–Trinajstić information content (AvgIpc) is 2.28. The molecular weight excluding hydrogens is 247 g/mol. The van der Waals surface area contributed by atoms with E-state index in [-0.39, 0.29) is 11.9 Å². The lowest BCUT2D eigenvalue weighted by atomic mass is 10.1.